The summed E-state index contributed by atoms with van der Waals surface area (Å²) in [5, 5.41) is 10.7. The maximum Gasteiger partial charge on any atom is 0.472 e. The van der Waals surface area contributed by atoms with Crippen molar-refractivity contribution in [1.82, 2.24) is 0 Å². The highest BCUT2D eigenvalue weighted by Crippen LogP contribution is 2.45. The molecule has 0 aromatic carbocycles. The molecule has 0 amide bonds. The van der Waals surface area contributed by atoms with Gasteiger partial charge in [0, 0.05) is 25.7 Å². The third kappa shape index (κ3) is 78.2. The fourth-order valence-electron chi connectivity index (χ4n) is 13.1. The third-order valence-corrected chi connectivity index (χ3v) is 21.7. The molecule has 5 atom stereocenters. The SMILES string of the molecule is CC(C)CCCCCCCCCCCCCCCCCCC(=O)O[C@H](COC(=O)CCCCCCCCCC(C)C)COP(=O)(O)OCC(O)COP(=O)(O)OC[C@@H](COC(=O)CCCCCCCCCCCCCCCCC(C)C)OC(=O)CCCCCCCCCCCCCCCCCC(C)C. The lowest BCUT2D eigenvalue weighted by Crippen LogP contribution is -2.30. The molecule has 618 valence electrons. The first kappa shape index (κ1) is 102. The molecular weight excluding hydrogens is 1350 g/mol. The maximum atomic E-state index is 13.1. The largest absolute Gasteiger partial charge is 0.472 e. The van der Waals surface area contributed by atoms with E-state index in [0.717, 1.165) is 114 Å². The predicted molar refractivity (Wildman–Crippen MR) is 428 cm³/mol. The number of ether oxygens (including phenoxy) is 4. The van der Waals surface area contributed by atoms with Gasteiger partial charge in [0.1, 0.15) is 19.3 Å². The Balaban J connectivity index is 5.23. The molecule has 19 heteroatoms. The summed E-state index contributed by atoms with van der Waals surface area (Å²) < 4.78 is 68.9. The van der Waals surface area contributed by atoms with Crippen molar-refractivity contribution < 1.29 is 80.2 Å². The van der Waals surface area contributed by atoms with Crippen LogP contribution in [0.5, 0.6) is 0 Å². The molecule has 3 N–H and O–H groups in total. The van der Waals surface area contributed by atoms with Gasteiger partial charge in [-0.2, -0.15) is 0 Å². The quantitative estimate of drug-likeness (QED) is 0.0222. The highest BCUT2D eigenvalue weighted by Gasteiger charge is 2.30. The van der Waals surface area contributed by atoms with Crippen LogP contribution in [0.25, 0.3) is 0 Å². The van der Waals surface area contributed by atoms with Gasteiger partial charge in [-0.1, -0.05) is 389 Å². The van der Waals surface area contributed by atoms with Crippen LogP contribution >= 0.6 is 15.6 Å². The second-order valence-electron chi connectivity index (χ2n) is 32.5. The zero-order chi connectivity index (χ0) is 76.7. The molecule has 0 aromatic rings. The van der Waals surface area contributed by atoms with Gasteiger partial charge in [-0.15, -0.1) is 0 Å². The number of carbonyl (C=O) groups is 4. The number of aliphatic hydroxyl groups excluding tert-OH is 1. The average Bonchev–Trinajstić information content (AvgIpc) is 0.913. The van der Waals surface area contributed by atoms with E-state index in [4.69, 9.17) is 37.0 Å². The molecule has 0 aliphatic rings. The van der Waals surface area contributed by atoms with Crippen LogP contribution in [0.1, 0.15) is 441 Å². The van der Waals surface area contributed by atoms with E-state index in [9.17, 15) is 43.2 Å². The number of unbranched alkanes of at least 4 members (excludes halogenated alkanes) is 48. The summed E-state index contributed by atoms with van der Waals surface area (Å²) in [7, 11) is -9.93. The smallest absolute Gasteiger partial charge is 0.462 e. The Bertz CT molecular complexity index is 2020. The minimum atomic E-state index is -4.97. The van der Waals surface area contributed by atoms with Gasteiger partial charge in [-0.05, 0) is 49.4 Å². The second kappa shape index (κ2) is 73.8. The molecule has 0 radical (unpaired) electrons. The van der Waals surface area contributed by atoms with Gasteiger partial charge in [-0.25, -0.2) is 9.13 Å². The molecule has 0 aliphatic heterocycles. The first-order valence-corrected chi connectivity index (χ1v) is 46.7. The number of aliphatic hydroxyl groups is 1. The highest BCUT2D eigenvalue weighted by atomic mass is 31.2. The van der Waals surface area contributed by atoms with E-state index in [2.05, 4.69) is 55.4 Å². The lowest BCUT2D eigenvalue weighted by molar-refractivity contribution is -0.161. The topological polar surface area (TPSA) is 237 Å². The van der Waals surface area contributed by atoms with Gasteiger partial charge in [0.15, 0.2) is 12.2 Å². The van der Waals surface area contributed by atoms with Gasteiger partial charge in [0.25, 0.3) is 0 Å². The Kier molecular flexibility index (Phi) is 72.5. The van der Waals surface area contributed by atoms with Crippen molar-refractivity contribution in [2.45, 2.75) is 459 Å². The molecule has 0 saturated heterocycles. The van der Waals surface area contributed by atoms with E-state index in [1.54, 1.807) is 0 Å². The average molecular weight is 1520 g/mol. The Morgan fingerprint density at radius 1 is 0.240 bits per heavy atom. The Morgan fingerprint density at radius 3 is 0.596 bits per heavy atom. The van der Waals surface area contributed by atoms with Gasteiger partial charge in [0.2, 0.25) is 0 Å². The number of phosphoric acid groups is 2. The molecule has 0 bridgehead atoms. The predicted octanol–water partition coefficient (Wildman–Crippen LogP) is 25.6. The van der Waals surface area contributed by atoms with Gasteiger partial charge >= 0.3 is 39.5 Å². The van der Waals surface area contributed by atoms with Crippen LogP contribution in [-0.4, -0.2) is 96.7 Å². The minimum absolute atomic E-state index is 0.107. The summed E-state index contributed by atoms with van der Waals surface area (Å²) in [5.74, 6) is 1.01. The molecule has 3 unspecified atom stereocenters. The molecule has 0 aliphatic carbocycles. The molecule has 0 heterocycles. The molecule has 0 spiro atoms. The van der Waals surface area contributed by atoms with Crippen LogP contribution in [0.3, 0.4) is 0 Å². The van der Waals surface area contributed by atoms with Crippen molar-refractivity contribution in [1.29, 1.82) is 0 Å². The zero-order valence-corrected chi connectivity index (χ0v) is 70.5. The van der Waals surface area contributed by atoms with Crippen molar-refractivity contribution in [3.63, 3.8) is 0 Å². The van der Waals surface area contributed by atoms with E-state index in [1.807, 2.05) is 0 Å². The molecule has 0 rings (SSSR count). The number of carbonyl (C=O) groups excluding carboxylic acids is 4. The number of hydrogen-bond acceptors (Lipinski definition) is 15. The fraction of sp³-hybridized carbons (Fsp3) is 0.953. The van der Waals surface area contributed by atoms with Crippen molar-refractivity contribution in [2.75, 3.05) is 39.6 Å². The maximum absolute atomic E-state index is 13.1. The molecule has 0 saturated carbocycles. The lowest BCUT2D eigenvalue weighted by Gasteiger charge is -2.21. The number of phosphoric ester groups is 2. The summed E-state index contributed by atoms with van der Waals surface area (Å²) >= 11 is 0. The van der Waals surface area contributed by atoms with Crippen LogP contribution in [0.2, 0.25) is 0 Å². The highest BCUT2D eigenvalue weighted by molar-refractivity contribution is 7.47. The Labute approximate surface area is 638 Å². The van der Waals surface area contributed by atoms with E-state index >= 15 is 0 Å². The van der Waals surface area contributed by atoms with Crippen LogP contribution < -0.4 is 0 Å². The zero-order valence-electron chi connectivity index (χ0n) is 68.7. The van der Waals surface area contributed by atoms with Crippen LogP contribution in [0.15, 0.2) is 0 Å². The van der Waals surface area contributed by atoms with Gasteiger partial charge < -0.3 is 33.8 Å². The summed E-state index contributed by atoms with van der Waals surface area (Å²) in [6, 6.07) is 0. The van der Waals surface area contributed by atoms with E-state index in [0.29, 0.717) is 31.6 Å². The van der Waals surface area contributed by atoms with Crippen LogP contribution in [0.4, 0.5) is 0 Å². The van der Waals surface area contributed by atoms with Crippen molar-refractivity contribution in [2.24, 2.45) is 23.7 Å². The monoisotopic (exact) mass is 1520 g/mol. The summed E-state index contributed by atoms with van der Waals surface area (Å²) in [6.07, 6.45) is 62.5. The second-order valence-corrected chi connectivity index (χ2v) is 35.4. The van der Waals surface area contributed by atoms with Crippen molar-refractivity contribution >= 4 is 39.5 Å². The lowest BCUT2D eigenvalue weighted by atomic mass is 10.0. The first-order valence-electron chi connectivity index (χ1n) is 43.7. The third-order valence-electron chi connectivity index (χ3n) is 19.8. The van der Waals surface area contributed by atoms with Crippen LogP contribution in [0, 0.1) is 23.7 Å². The Morgan fingerprint density at radius 2 is 0.404 bits per heavy atom. The first-order chi connectivity index (χ1) is 50.1. The van der Waals surface area contributed by atoms with E-state index in [1.165, 1.54) is 238 Å². The summed E-state index contributed by atoms with van der Waals surface area (Å²) in [4.78, 5) is 73.2. The van der Waals surface area contributed by atoms with Gasteiger partial charge in [0.05, 0.1) is 26.4 Å². The number of esters is 4. The van der Waals surface area contributed by atoms with Crippen molar-refractivity contribution in [3.8, 4) is 0 Å². The normalized spacial score (nSPS) is 14.0. The van der Waals surface area contributed by atoms with E-state index in [-0.39, 0.29) is 25.7 Å². The number of rotatable bonds is 82. The van der Waals surface area contributed by atoms with Crippen molar-refractivity contribution in [3.05, 3.63) is 0 Å². The summed E-state index contributed by atoms with van der Waals surface area (Å²) in [5.41, 5.74) is 0. The molecule has 104 heavy (non-hydrogen) atoms. The number of hydrogen-bond donors (Lipinski definition) is 3. The molecular formula is C85H166O17P2. The van der Waals surface area contributed by atoms with E-state index < -0.39 is 97.5 Å². The summed E-state index contributed by atoms with van der Waals surface area (Å²) in [6.45, 7) is 14.3. The molecule has 0 fully saturated rings. The molecule has 0 aromatic heterocycles. The van der Waals surface area contributed by atoms with Crippen LogP contribution in [-0.2, 0) is 65.4 Å². The standard InChI is InChI=1S/C85H166O17P2/c1-75(2)61-53-45-37-30-24-18-12-9-10-14-22-28-34-42-51-59-68-85(90)102-81(72-96-83(88)66-58-50-44-36-40-48-56-64-78(7)8)74-100-104(93,94)98-70-79(86)69-97-103(91,92)99-73-80(71-95-82(87)65-57-49-41-33-27-21-17-16-20-26-32-39-47-55-63-77(5)6)101-84(89)67-60-52-43-35-29-23-15-11-13-19-25-31-38-46-54-62-76(3)4/h75-81,86H,9-74H2,1-8H3,(H,91,92)(H,93,94)/t79?,80-,81-/m1/s1. The van der Waals surface area contributed by atoms with Gasteiger partial charge in [-0.3, -0.25) is 37.3 Å². The fourth-order valence-corrected chi connectivity index (χ4v) is 14.7. The molecule has 17 nitrogen and oxygen atoms in total. The minimum Gasteiger partial charge on any atom is -0.462 e. The Hall–Kier alpha value is -1.94.